The Balaban J connectivity index is 2.39. The molecule has 0 bridgehead atoms. The van der Waals surface area contributed by atoms with Crippen LogP contribution >= 0.6 is 0 Å². The summed E-state index contributed by atoms with van der Waals surface area (Å²) < 4.78 is 52.8. The molecule has 1 unspecified atom stereocenters. The zero-order chi connectivity index (χ0) is 15.8. The lowest BCUT2D eigenvalue weighted by Crippen LogP contribution is -2.30. The highest BCUT2D eigenvalue weighted by atomic mass is 32.2. The van der Waals surface area contributed by atoms with Gasteiger partial charge in [0.05, 0.1) is 6.20 Å². The van der Waals surface area contributed by atoms with Crippen molar-refractivity contribution in [2.45, 2.75) is 24.9 Å². The maximum Gasteiger partial charge on any atom is 0.260 e. The summed E-state index contributed by atoms with van der Waals surface area (Å²) in [7, 11) is -2.56. The second-order valence-electron chi connectivity index (χ2n) is 4.70. The number of sulfonamides is 1. The van der Waals surface area contributed by atoms with Crippen molar-refractivity contribution in [3.8, 4) is 0 Å². The molecule has 8 heteroatoms. The van der Waals surface area contributed by atoms with Gasteiger partial charge in [0.15, 0.2) is 5.03 Å². The first kappa shape index (κ1) is 15.6. The van der Waals surface area contributed by atoms with Gasteiger partial charge in [-0.15, -0.1) is 0 Å². The number of halogens is 2. The van der Waals surface area contributed by atoms with Crippen LogP contribution in [0.15, 0.2) is 29.4 Å². The van der Waals surface area contributed by atoms with Gasteiger partial charge in [-0.3, -0.25) is 0 Å². The number of hydrogen-bond acceptors (Lipinski definition) is 3. The van der Waals surface area contributed by atoms with Crippen molar-refractivity contribution >= 4 is 10.0 Å². The lowest BCUT2D eigenvalue weighted by Gasteiger charge is -2.24. The molecule has 0 saturated carbocycles. The summed E-state index contributed by atoms with van der Waals surface area (Å²) in [6.07, 6.45) is 1.19. The quantitative estimate of drug-likeness (QED) is 0.942. The Morgan fingerprint density at radius 3 is 2.57 bits per heavy atom. The van der Waals surface area contributed by atoms with E-state index in [2.05, 4.69) is 9.97 Å². The number of imidazole rings is 1. The van der Waals surface area contributed by atoms with E-state index in [0.29, 0.717) is 5.82 Å². The van der Waals surface area contributed by atoms with E-state index in [9.17, 15) is 17.2 Å². The zero-order valence-corrected chi connectivity index (χ0v) is 12.6. The average molecular weight is 315 g/mol. The third-order valence-electron chi connectivity index (χ3n) is 3.29. The Bertz CT molecular complexity index is 759. The Labute approximate surface area is 121 Å². The fourth-order valence-corrected chi connectivity index (χ4v) is 3.23. The van der Waals surface area contributed by atoms with Crippen molar-refractivity contribution in [2.24, 2.45) is 0 Å². The molecule has 2 aromatic rings. The number of nitrogens with one attached hydrogen (secondary N) is 1. The molecule has 5 nitrogen and oxygen atoms in total. The lowest BCUT2D eigenvalue weighted by atomic mass is 10.1. The summed E-state index contributed by atoms with van der Waals surface area (Å²) in [4.78, 5) is 6.45. The van der Waals surface area contributed by atoms with Crippen LogP contribution in [0, 0.1) is 18.6 Å². The molecule has 0 spiro atoms. The van der Waals surface area contributed by atoms with E-state index in [0.717, 1.165) is 22.5 Å². The predicted molar refractivity (Wildman–Crippen MR) is 73.0 cm³/mol. The molecule has 114 valence electrons. The van der Waals surface area contributed by atoms with Crippen LogP contribution in [0.3, 0.4) is 0 Å². The van der Waals surface area contributed by atoms with E-state index in [1.807, 2.05) is 0 Å². The van der Waals surface area contributed by atoms with E-state index < -0.39 is 27.7 Å². The minimum atomic E-state index is -3.87. The summed E-state index contributed by atoms with van der Waals surface area (Å²) in [6, 6.07) is 2.08. The Morgan fingerprint density at radius 2 is 2.00 bits per heavy atom. The highest BCUT2D eigenvalue weighted by molar-refractivity contribution is 7.89. The number of nitrogens with zero attached hydrogens (tertiary/aromatic N) is 2. The Hall–Kier alpha value is -1.80. The van der Waals surface area contributed by atoms with E-state index in [1.165, 1.54) is 20.2 Å². The van der Waals surface area contributed by atoms with Crippen molar-refractivity contribution < 1.29 is 17.2 Å². The van der Waals surface area contributed by atoms with Crippen LogP contribution in [-0.4, -0.2) is 29.7 Å². The molecule has 1 N–H and O–H groups in total. The van der Waals surface area contributed by atoms with Crippen LogP contribution in [-0.2, 0) is 10.0 Å². The fraction of sp³-hybridized carbons (Fsp3) is 0.308. The molecule has 0 aliphatic heterocycles. The van der Waals surface area contributed by atoms with E-state index in [4.69, 9.17) is 0 Å². The van der Waals surface area contributed by atoms with Gasteiger partial charge in [0.25, 0.3) is 10.0 Å². The van der Waals surface area contributed by atoms with Crippen LogP contribution in [0.1, 0.15) is 24.4 Å². The molecule has 1 heterocycles. The maximum absolute atomic E-state index is 13.8. The molecular weight excluding hydrogens is 300 g/mol. The molecule has 21 heavy (non-hydrogen) atoms. The number of H-pyrrole nitrogens is 1. The summed E-state index contributed by atoms with van der Waals surface area (Å²) >= 11 is 0. The standard InChI is InChI=1S/C13H15F2N3O2S/c1-8(11-6-10(14)4-5-12(11)15)18(3)21(19,20)13-7-16-9(2)17-13/h4-8H,1-3H3,(H,16,17). The average Bonchev–Trinajstić information content (AvgIpc) is 2.87. The number of hydrogen-bond donors (Lipinski definition) is 1. The smallest absolute Gasteiger partial charge is 0.260 e. The highest BCUT2D eigenvalue weighted by Crippen LogP contribution is 2.27. The number of aromatic nitrogens is 2. The van der Waals surface area contributed by atoms with Crippen molar-refractivity contribution in [3.63, 3.8) is 0 Å². The van der Waals surface area contributed by atoms with Crippen molar-refractivity contribution in [2.75, 3.05) is 7.05 Å². The zero-order valence-electron chi connectivity index (χ0n) is 11.8. The van der Waals surface area contributed by atoms with Crippen LogP contribution in [0.5, 0.6) is 0 Å². The molecule has 0 aliphatic carbocycles. The van der Waals surface area contributed by atoms with E-state index >= 15 is 0 Å². The summed E-state index contributed by atoms with van der Waals surface area (Å²) in [6.45, 7) is 3.10. The summed E-state index contributed by atoms with van der Waals surface area (Å²) in [5.74, 6) is -0.834. The SMILES string of the molecule is Cc1ncc(S(=O)(=O)N(C)C(C)c2cc(F)ccc2F)[nH]1. The first-order chi connectivity index (χ1) is 9.73. The number of aryl methyl sites for hydroxylation is 1. The number of benzene rings is 1. The van der Waals surface area contributed by atoms with Gasteiger partial charge >= 0.3 is 0 Å². The van der Waals surface area contributed by atoms with Crippen molar-refractivity contribution in [1.82, 2.24) is 14.3 Å². The van der Waals surface area contributed by atoms with Gasteiger partial charge in [-0.1, -0.05) is 0 Å². The normalized spacial score (nSPS) is 13.6. The van der Waals surface area contributed by atoms with Gasteiger partial charge in [0.1, 0.15) is 17.5 Å². The summed E-state index contributed by atoms with van der Waals surface area (Å²) in [5, 5.41) is -0.0915. The maximum atomic E-state index is 13.8. The Kier molecular flexibility index (Phi) is 4.11. The first-order valence-electron chi connectivity index (χ1n) is 6.18. The minimum Gasteiger partial charge on any atom is -0.332 e. The summed E-state index contributed by atoms with van der Waals surface area (Å²) in [5.41, 5.74) is -0.0303. The molecule has 1 aromatic heterocycles. The van der Waals surface area contributed by atoms with Gasteiger partial charge < -0.3 is 4.98 Å². The largest absolute Gasteiger partial charge is 0.332 e. The molecule has 1 aromatic carbocycles. The van der Waals surface area contributed by atoms with E-state index in [1.54, 1.807) is 6.92 Å². The predicted octanol–water partition coefficient (Wildman–Crippen LogP) is 2.38. The number of rotatable bonds is 4. The van der Waals surface area contributed by atoms with Gasteiger partial charge in [-0.05, 0) is 32.0 Å². The molecule has 1 atom stereocenters. The molecule has 0 amide bonds. The molecule has 0 saturated heterocycles. The van der Waals surface area contributed by atoms with E-state index in [-0.39, 0.29) is 10.6 Å². The van der Waals surface area contributed by atoms with Gasteiger partial charge in [-0.2, -0.15) is 4.31 Å². The second kappa shape index (κ2) is 5.53. The topological polar surface area (TPSA) is 66.1 Å². The molecule has 0 aliphatic rings. The van der Waals surface area contributed by atoms with Gasteiger partial charge in [0.2, 0.25) is 0 Å². The molecule has 0 fully saturated rings. The monoisotopic (exact) mass is 315 g/mol. The fourth-order valence-electron chi connectivity index (χ4n) is 1.92. The highest BCUT2D eigenvalue weighted by Gasteiger charge is 2.29. The number of aromatic amines is 1. The van der Waals surface area contributed by atoms with Crippen LogP contribution in [0.4, 0.5) is 8.78 Å². The first-order valence-corrected chi connectivity index (χ1v) is 7.62. The van der Waals surface area contributed by atoms with Gasteiger partial charge in [0, 0.05) is 18.7 Å². The molecular formula is C13H15F2N3O2S. The van der Waals surface area contributed by atoms with Crippen molar-refractivity contribution in [1.29, 1.82) is 0 Å². The molecule has 0 radical (unpaired) electrons. The van der Waals surface area contributed by atoms with Crippen molar-refractivity contribution in [3.05, 3.63) is 47.4 Å². The third kappa shape index (κ3) is 2.96. The van der Waals surface area contributed by atoms with Crippen LogP contribution < -0.4 is 0 Å². The molecule has 2 rings (SSSR count). The second-order valence-corrected chi connectivity index (χ2v) is 6.66. The van der Waals surface area contributed by atoms with Gasteiger partial charge in [-0.25, -0.2) is 22.2 Å². The minimum absolute atomic E-state index is 0.0303. The van der Waals surface area contributed by atoms with Crippen LogP contribution in [0.2, 0.25) is 0 Å². The Morgan fingerprint density at radius 1 is 1.33 bits per heavy atom. The van der Waals surface area contributed by atoms with Crippen LogP contribution in [0.25, 0.3) is 0 Å². The third-order valence-corrected chi connectivity index (χ3v) is 5.13. The lowest BCUT2D eigenvalue weighted by molar-refractivity contribution is 0.384.